The Morgan fingerprint density at radius 3 is 1.88 bits per heavy atom. The second-order valence-electron chi connectivity index (χ2n) is 9.55. The van der Waals surface area contributed by atoms with Gasteiger partial charge in [-0.3, -0.25) is 9.59 Å². The Kier molecular flexibility index (Phi) is 13.1. The van der Waals surface area contributed by atoms with Gasteiger partial charge in [-0.15, -0.1) is 0 Å². The summed E-state index contributed by atoms with van der Waals surface area (Å²) in [4.78, 5) is 74.8. The van der Waals surface area contributed by atoms with Gasteiger partial charge in [0, 0.05) is 0 Å². The zero-order chi connectivity index (χ0) is 30.5. The molecule has 40 heavy (non-hydrogen) atoms. The molecule has 1 atom stereocenters. The molecule has 0 heterocycles. The molecule has 0 saturated heterocycles. The van der Waals surface area contributed by atoms with Crippen LogP contribution >= 0.6 is 0 Å². The fraction of sp³-hybridized carbons (Fsp3) is 0.462. The smallest absolute Gasteiger partial charge is 0.408 e. The van der Waals surface area contributed by atoms with Crippen LogP contribution in [0.5, 0.6) is 0 Å². The van der Waals surface area contributed by atoms with Crippen molar-refractivity contribution in [2.75, 3.05) is 20.8 Å². The van der Waals surface area contributed by atoms with Crippen LogP contribution in [0.2, 0.25) is 0 Å². The van der Waals surface area contributed by atoms with Gasteiger partial charge in [-0.05, 0) is 32.3 Å². The Labute approximate surface area is 232 Å². The molecule has 1 rings (SSSR count). The van der Waals surface area contributed by atoms with Gasteiger partial charge in [0.2, 0.25) is 11.8 Å². The van der Waals surface area contributed by atoms with Crippen LogP contribution in [0.1, 0.15) is 40.2 Å². The van der Waals surface area contributed by atoms with Gasteiger partial charge in [0.25, 0.3) is 0 Å². The van der Waals surface area contributed by atoms with Gasteiger partial charge in [-0.25, -0.2) is 19.2 Å². The molecule has 14 nitrogen and oxygen atoms in total. The van der Waals surface area contributed by atoms with Gasteiger partial charge in [-0.2, -0.15) is 0 Å². The van der Waals surface area contributed by atoms with Gasteiger partial charge in [0.15, 0.2) is 11.4 Å². The van der Waals surface area contributed by atoms with E-state index in [1.54, 1.807) is 65.0 Å². The maximum atomic E-state index is 13.1. The van der Waals surface area contributed by atoms with Crippen LogP contribution in [0, 0.1) is 5.92 Å². The Hall–Kier alpha value is -4.62. The molecule has 0 unspecified atom stereocenters. The molecule has 0 aliphatic carbocycles. The second kappa shape index (κ2) is 15.7. The number of benzene rings is 1. The number of carbonyl (C=O) groups excluding carboxylic acids is 6. The Balaban J connectivity index is 3.06. The third-order valence-electron chi connectivity index (χ3n) is 4.77. The Morgan fingerprint density at radius 2 is 1.38 bits per heavy atom. The molecule has 0 fully saturated rings. The van der Waals surface area contributed by atoms with E-state index in [-0.39, 0.29) is 6.61 Å². The minimum atomic E-state index is -1.22. The van der Waals surface area contributed by atoms with Crippen LogP contribution < -0.4 is 21.3 Å². The highest BCUT2D eigenvalue weighted by atomic mass is 16.6. The summed E-state index contributed by atoms with van der Waals surface area (Å²) in [7, 11) is 1.96. The van der Waals surface area contributed by atoms with Crippen LogP contribution in [-0.4, -0.2) is 68.3 Å². The molecule has 0 spiro atoms. The largest absolute Gasteiger partial charge is 0.464 e. The van der Waals surface area contributed by atoms with E-state index < -0.39 is 71.4 Å². The summed E-state index contributed by atoms with van der Waals surface area (Å²) in [5, 5.41) is 8.94. The van der Waals surface area contributed by atoms with Crippen molar-refractivity contribution < 1.29 is 47.7 Å². The van der Waals surface area contributed by atoms with Crippen molar-refractivity contribution in [3.63, 3.8) is 0 Å². The van der Waals surface area contributed by atoms with E-state index in [1.165, 1.54) is 0 Å². The number of rotatable bonds is 11. The molecule has 4 amide bonds. The number of amides is 4. The fourth-order valence-electron chi connectivity index (χ4n) is 2.92. The highest BCUT2D eigenvalue weighted by Gasteiger charge is 2.32. The minimum absolute atomic E-state index is 0.0471. The standard InChI is InChI=1S/C26H36N4O10/c1-15(2)18(30-25(36)40-26(3,4)5)21(32)29-20(23(34)38-7)19(22(33)37-6)28-17(31)13-27-24(35)39-14-16-11-9-8-10-12-16/h8-12,15,18H,13-14H2,1-7H3,(H,27,35)(H,28,31)(H,29,32)(H,30,36)/b20-19-/t18-/m0/s1. The molecular weight excluding hydrogens is 528 g/mol. The molecule has 4 N–H and O–H groups in total. The number of alkyl carbamates (subject to hydrolysis) is 2. The summed E-state index contributed by atoms with van der Waals surface area (Å²) in [5.41, 5.74) is -1.66. The van der Waals surface area contributed by atoms with Crippen molar-refractivity contribution in [3.8, 4) is 0 Å². The van der Waals surface area contributed by atoms with Gasteiger partial charge in [0.1, 0.15) is 24.8 Å². The van der Waals surface area contributed by atoms with Crippen molar-refractivity contribution in [1.82, 2.24) is 21.3 Å². The lowest BCUT2D eigenvalue weighted by molar-refractivity contribution is -0.141. The van der Waals surface area contributed by atoms with Crippen molar-refractivity contribution >= 4 is 35.9 Å². The first-order chi connectivity index (χ1) is 18.7. The summed E-state index contributed by atoms with van der Waals surface area (Å²) < 4.78 is 19.5. The maximum absolute atomic E-state index is 13.1. The van der Waals surface area contributed by atoms with Gasteiger partial charge in [-0.1, -0.05) is 44.2 Å². The van der Waals surface area contributed by atoms with E-state index in [4.69, 9.17) is 9.47 Å². The molecule has 0 saturated carbocycles. The van der Waals surface area contributed by atoms with Crippen molar-refractivity contribution in [1.29, 1.82) is 0 Å². The number of ether oxygens (including phenoxy) is 4. The van der Waals surface area contributed by atoms with E-state index in [0.717, 1.165) is 19.8 Å². The number of hydrogen-bond donors (Lipinski definition) is 4. The Morgan fingerprint density at radius 1 is 0.825 bits per heavy atom. The SMILES string of the molecule is COC(=O)/C(NC(=O)CNC(=O)OCc1ccccc1)=C(/NC(=O)[C@@H](NC(=O)OC(C)(C)C)C(C)C)C(=O)OC. The lowest BCUT2D eigenvalue weighted by Crippen LogP contribution is -2.52. The van der Waals surface area contributed by atoms with E-state index in [9.17, 15) is 28.8 Å². The molecule has 0 aliphatic rings. The monoisotopic (exact) mass is 564 g/mol. The summed E-state index contributed by atoms with van der Waals surface area (Å²) in [5.74, 6) is -4.78. The van der Waals surface area contributed by atoms with Gasteiger partial charge in [0.05, 0.1) is 14.2 Å². The van der Waals surface area contributed by atoms with Crippen LogP contribution in [0.15, 0.2) is 41.7 Å². The second-order valence-corrected chi connectivity index (χ2v) is 9.55. The molecular formula is C26H36N4O10. The minimum Gasteiger partial charge on any atom is -0.464 e. The number of hydrogen-bond acceptors (Lipinski definition) is 10. The number of methoxy groups -OCH3 is 2. The third-order valence-corrected chi connectivity index (χ3v) is 4.77. The topological polar surface area (TPSA) is 187 Å². The van der Waals surface area contributed by atoms with Crippen molar-refractivity contribution in [2.45, 2.75) is 52.9 Å². The zero-order valence-corrected chi connectivity index (χ0v) is 23.5. The molecule has 1 aromatic carbocycles. The zero-order valence-electron chi connectivity index (χ0n) is 23.5. The summed E-state index contributed by atoms with van der Waals surface area (Å²) >= 11 is 0. The number of nitrogens with one attached hydrogen (secondary N) is 4. The first-order valence-corrected chi connectivity index (χ1v) is 12.1. The average Bonchev–Trinajstić information content (AvgIpc) is 2.89. The van der Waals surface area contributed by atoms with Gasteiger partial charge < -0.3 is 40.2 Å². The highest BCUT2D eigenvalue weighted by Crippen LogP contribution is 2.11. The third kappa shape index (κ3) is 11.8. The number of carbonyl (C=O) groups is 6. The predicted molar refractivity (Wildman–Crippen MR) is 140 cm³/mol. The number of esters is 2. The molecule has 0 bridgehead atoms. The summed E-state index contributed by atoms with van der Waals surface area (Å²) in [6.07, 6.45) is -1.81. The normalized spacial score (nSPS) is 12.2. The van der Waals surface area contributed by atoms with Crippen LogP contribution in [0.3, 0.4) is 0 Å². The highest BCUT2D eigenvalue weighted by molar-refractivity contribution is 6.05. The molecule has 0 aromatic heterocycles. The van der Waals surface area contributed by atoms with Crippen LogP contribution in [-0.2, 0) is 44.7 Å². The molecule has 0 aliphatic heterocycles. The van der Waals surface area contributed by atoms with E-state index >= 15 is 0 Å². The molecule has 0 radical (unpaired) electrons. The van der Waals surface area contributed by atoms with E-state index in [0.29, 0.717) is 0 Å². The molecule has 1 aromatic rings. The maximum Gasteiger partial charge on any atom is 0.408 e. The van der Waals surface area contributed by atoms with E-state index in [2.05, 4.69) is 30.7 Å². The van der Waals surface area contributed by atoms with Crippen LogP contribution in [0.4, 0.5) is 9.59 Å². The van der Waals surface area contributed by atoms with Gasteiger partial charge >= 0.3 is 24.1 Å². The first kappa shape index (κ1) is 33.4. The molecule has 14 heteroatoms. The lowest BCUT2D eigenvalue weighted by atomic mass is 10.0. The summed E-state index contributed by atoms with van der Waals surface area (Å²) in [6.45, 7) is 7.44. The van der Waals surface area contributed by atoms with E-state index in [1.807, 2.05) is 0 Å². The average molecular weight is 565 g/mol. The van der Waals surface area contributed by atoms with Crippen molar-refractivity contribution in [2.24, 2.45) is 5.92 Å². The van der Waals surface area contributed by atoms with Crippen molar-refractivity contribution in [3.05, 3.63) is 47.3 Å². The Bertz CT molecular complexity index is 1110. The first-order valence-electron chi connectivity index (χ1n) is 12.1. The van der Waals surface area contributed by atoms with Crippen LogP contribution in [0.25, 0.3) is 0 Å². The fourth-order valence-corrected chi connectivity index (χ4v) is 2.92. The summed E-state index contributed by atoms with van der Waals surface area (Å²) in [6, 6.07) is 7.58. The predicted octanol–water partition coefficient (Wildman–Crippen LogP) is 1.25. The quantitative estimate of drug-likeness (QED) is 0.173. The molecule has 220 valence electrons. The lowest BCUT2D eigenvalue weighted by Gasteiger charge is -2.25.